The molecule has 0 radical (unpaired) electrons. The summed E-state index contributed by atoms with van der Waals surface area (Å²) < 4.78 is 3.89. The predicted molar refractivity (Wildman–Crippen MR) is 67.5 cm³/mol. The lowest BCUT2D eigenvalue weighted by molar-refractivity contribution is 0.143. The first-order chi connectivity index (χ1) is 8.35. The zero-order valence-corrected chi connectivity index (χ0v) is 10.6. The Balaban J connectivity index is 2.01. The van der Waals surface area contributed by atoms with E-state index in [0.29, 0.717) is 19.1 Å². The molecule has 96 valence electrons. The van der Waals surface area contributed by atoms with Gasteiger partial charge in [-0.3, -0.25) is 4.90 Å². The second-order valence-corrected chi connectivity index (χ2v) is 5.08. The summed E-state index contributed by atoms with van der Waals surface area (Å²) in [5.74, 6) is 5.41. The number of aliphatic hydroxyl groups excluding tert-OH is 1. The van der Waals surface area contributed by atoms with Crippen LogP contribution in [0.5, 0.6) is 0 Å². The largest absolute Gasteiger partial charge is 0.395 e. The van der Waals surface area contributed by atoms with Crippen LogP contribution in [0.15, 0.2) is 0 Å². The fourth-order valence-corrected chi connectivity index (χ4v) is 2.89. The molecule has 1 aliphatic rings. The van der Waals surface area contributed by atoms with Gasteiger partial charge in [0.25, 0.3) is 0 Å². The van der Waals surface area contributed by atoms with Gasteiger partial charge in [-0.05, 0) is 12.8 Å². The number of hydrazine groups is 1. The van der Waals surface area contributed by atoms with Crippen LogP contribution in [-0.4, -0.2) is 38.8 Å². The first-order valence-electron chi connectivity index (χ1n) is 5.98. The Hall–Kier alpha value is -0.760. The van der Waals surface area contributed by atoms with E-state index in [-0.39, 0.29) is 6.61 Å². The molecule has 0 atom stereocenters. The minimum Gasteiger partial charge on any atom is -0.395 e. The van der Waals surface area contributed by atoms with Crippen molar-refractivity contribution in [1.29, 1.82) is 0 Å². The molecule has 0 spiro atoms. The fourth-order valence-electron chi connectivity index (χ4n) is 2.40. The Morgan fingerprint density at radius 2 is 2.24 bits per heavy atom. The highest BCUT2D eigenvalue weighted by molar-refractivity contribution is 7.10. The number of anilines is 1. The topological polar surface area (TPSA) is 87.3 Å². The number of hydrogen-bond acceptors (Lipinski definition) is 7. The lowest BCUT2D eigenvalue weighted by Gasteiger charge is -2.27. The molecule has 1 saturated carbocycles. The van der Waals surface area contributed by atoms with E-state index in [4.69, 9.17) is 10.9 Å². The number of aliphatic hydroxyl groups is 1. The minimum atomic E-state index is 0.180. The van der Waals surface area contributed by atoms with E-state index in [1.807, 2.05) is 0 Å². The van der Waals surface area contributed by atoms with Crippen LogP contribution in [0.2, 0.25) is 0 Å². The third kappa shape index (κ3) is 3.12. The molecule has 17 heavy (non-hydrogen) atoms. The third-order valence-electron chi connectivity index (χ3n) is 3.27. The average molecular weight is 257 g/mol. The maximum absolute atomic E-state index is 9.14. The van der Waals surface area contributed by atoms with Gasteiger partial charge in [0.2, 0.25) is 0 Å². The van der Waals surface area contributed by atoms with Crippen LogP contribution < -0.4 is 11.3 Å². The molecule has 1 aromatic heterocycles. The summed E-state index contributed by atoms with van der Waals surface area (Å²) in [4.78, 5) is 2.28. The van der Waals surface area contributed by atoms with Crippen molar-refractivity contribution in [3.8, 4) is 0 Å². The SMILES string of the molecule is NNc1snnc1CN(CCO)C1CCCC1. The Morgan fingerprint density at radius 1 is 1.47 bits per heavy atom. The van der Waals surface area contributed by atoms with Gasteiger partial charge in [-0.2, -0.15) is 0 Å². The molecule has 0 bridgehead atoms. The maximum atomic E-state index is 9.14. The predicted octanol–water partition coefficient (Wildman–Crippen LogP) is 0.561. The van der Waals surface area contributed by atoms with Gasteiger partial charge < -0.3 is 10.5 Å². The Morgan fingerprint density at radius 3 is 2.88 bits per heavy atom. The van der Waals surface area contributed by atoms with Gasteiger partial charge in [0.1, 0.15) is 10.7 Å². The molecule has 1 aromatic rings. The summed E-state index contributed by atoms with van der Waals surface area (Å²) in [6.45, 7) is 1.58. The zero-order chi connectivity index (χ0) is 12.1. The lowest BCUT2D eigenvalue weighted by atomic mass is 10.2. The number of nitrogens with zero attached hydrogens (tertiary/aromatic N) is 3. The molecule has 0 aromatic carbocycles. The number of nitrogens with two attached hydrogens (primary N) is 1. The van der Waals surface area contributed by atoms with Gasteiger partial charge in [0, 0.05) is 30.7 Å². The van der Waals surface area contributed by atoms with Crippen molar-refractivity contribution in [2.24, 2.45) is 5.84 Å². The molecule has 0 saturated heterocycles. The molecule has 2 rings (SSSR count). The van der Waals surface area contributed by atoms with E-state index >= 15 is 0 Å². The lowest BCUT2D eigenvalue weighted by Crippen LogP contribution is -2.35. The highest BCUT2D eigenvalue weighted by atomic mass is 32.1. The van der Waals surface area contributed by atoms with Crippen molar-refractivity contribution in [1.82, 2.24) is 14.5 Å². The van der Waals surface area contributed by atoms with E-state index < -0.39 is 0 Å². The normalized spacial score (nSPS) is 16.9. The number of hydrogen-bond donors (Lipinski definition) is 3. The van der Waals surface area contributed by atoms with E-state index in [1.165, 1.54) is 37.2 Å². The van der Waals surface area contributed by atoms with Gasteiger partial charge in [-0.25, -0.2) is 5.84 Å². The van der Waals surface area contributed by atoms with Gasteiger partial charge in [-0.1, -0.05) is 17.3 Å². The second kappa shape index (κ2) is 6.25. The van der Waals surface area contributed by atoms with Crippen LogP contribution in [0.1, 0.15) is 31.4 Å². The Bertz CT molecular complexity index is 339. The first kappa shape index (κ1) is 12.7. The van der Waals surface area contributed by atoms with Crippen LogP contribution in [-0.2, 0) is 6.54 Å². The molecule has 7 heteroatoms. The van der Waals surface area contributed by atoms with E-state index in [9.17, 15) is 0 Å². The summed E-state index contributed by atoms with van der Waals surface area (Å²) in [5, 5.41) is 14.0. The Kier molecular flexibility index (Phi) is 4.66. The van der Waals surface area contributed by atoms with Gasteiger partial charge in [0.15, 0.2) is 0 Å². The van der Waals surface area contributed by atoms with Crippen molar-refractivity contribution in [2.75, 3.05) is 18.6 Å². The molecular weight excluding hydrogens is 238 g/mol. The number of rotatable bonds is 6. The third-order valence-corrected chi connectivity index (χ3v) is 3.97. The molecule has 1 aliphatic carbocycles. The maximum Gasteiger partial charge on any atom is 0.148 e. The van der Waals surface area contributed by atoms with E-state index in [1.54, 1.807) is 0 Å². The molecule has 6 nitrogen and oxygen atoms in total. The molecule has 1 fully saturated rings. The Labute approximate surface area is 105 Å². The number of nitrogen functional groups attached to an aromatic ring is 1. The van der Waals surface area contributed by atoms with Gasteiger partial charge in [0.05, 0.1) is 6.61 Å². The van der Waals surface area contributed by atoms with E-state index in [2.05, 4.69) is 19.9 Å². The van der Waals surface area contributed by atoms with Crippen molar-refractivity contribution >= 4 is 16.5 Å². The molecule has 0 aliphatic heterocycles. The van der Waals surface area contributed by atoms with Crippen LogP contribution in [0, 0.1) is 0 Å². The van der Waals surface area contributed by atoms with Crippen molar-refractivity contribution in [3.05, 3.63) is 5.69 Å². The molecule has 1 heterocycles. The number of nitrogens with one attached hydrogen (secondary N) is 1. The fraction of sp³-hybridized carbons (Fsp3) is 0.800. The average Bonchev–Trinajstić information content (AvgIpc) is 2.99. The van der Waals surface area contributed by atoms with Crippen LogP contribution >= 0.6 is 11.5 Å². The summed E-state index contributed by atoms with van der Waals surface area (Å²) >= 11 is 1.27. The van der Waals surface area contributed by atoms with Gasteiger partial charge in [-0.15, -0.1) is 5.10 Å². The smallest absolute Gasteiger partial charge is 0.148 e. The monoisotopic (exact) mass is 257 g/mol. The molecule has 4 N–H and O–H groups in total. The summed E-state index contributed by atoms with van der Waals surface area (Å²) in [7, 11) is 0. The molecular formula is C10H19N5OS. The minimum absolute atomic E-state index is 0.180. The van der Waals surface area contributed by atoms with Crippen molar-refractivity contribution in [3.63, 3.8) is 0 Å². The summed E-state index contributed by atoms with van der Waals surface area (Å²) in [5.41, 5.74) is 3.49. The first-order valence-corrected chi connectivity index (χ1v) is 6.75. The van der Waals surface area contributed by atoms with Crippen LogP contribution in [0.3, 0.4) is 0 Å². The van der Waals surface area contributed by atoms with Crippen LogP contribution in [0.25, 0.3) is 0 Å². The standard InChI is InChI=1S/C10H19N5OS/c11-12-10-9(13-14-17-10)7-15(5-6-16)8-3-1-2-4-8/h8,12,16H,1-7,11H2. The summed E-state index contributed by atoms with van der Waals surface area (Å²) in [6.07, 6.45) is 4.99. The van der Waals surface area contributed by atoms with Crippen molar-refractivity contribution in [2.45, 2.75) is 38.3 Å². The zero-order valence-electron chi connectivity index (χ0n) is 9.80. The quantitative estimate of drug-likeness (QED) is 0.510. The molecule has 0 amide bonds. The van der Waals surface area contributed by atoms with E-state index in [0.717, 1.165) is 10.7 Å². The highest BCUT2D eigenvalue weighted by Crippen LogP contribution is 2.26. The van der Waals surface area contributed by atoms with Gasteiger partial charge >= 0.3 is 0 Å². The summed E-state index contributed by atoms with van der Waals surface area (Å²) in [6, 6.07) is 0.564. The van der Waals surface area contributed by atoms with Crippen molar-refractivity contribution < 1.29 is 5.11 Å². The number of aromatic nitrogens is 2. The molecule has 0 unspecified atom stereocenters. The highest BCUT2D eigenvalue weighted by Gasteiger charge is 2.23. The van der Waals surface area contributed by atoms with Crippen LogP contribution in [0.4, 0.5) is 5.00 Å². The second-order valence-electron chi connectivity index (χ2n) is 4.33.